The molecule has 2 heterocycles. The number of pyridine rings is 1. The molecule has 0 spiro atoms. The number of Topliss-reactive ketones (excluding diaryl/α,β-unsaturated/α-hetero) is 1. The first-order valence-electron chi connectivity index (χ1n) is 14.0. The number of hydrogen-bond donors (Lipinski definition) is 1. The van der Waals surface area contributed by atoms with Crippen LogP contribution in [0.1, 0.15) is 76.6 Å². The first-order valence-corrected chi connectivity index (χ1v) is 14.0. The van der Waals surface area contributed by atoms with Crippen LogP contribution in [-0.2, 0) is 30.4 Å². The second kappa shape index (κ2) is 12.3. The first-order chi connectivity index (χ1) is 20.8. The zero-order chi connectivity index (χ0) is 31.8. The van der Waals surface area contributed by atoms with Crippen LogP contribution >= 0.6 is 0 Å². The van der Waals surface area contributed by atoms with Crippen LogP contribution < -0.4 is 5.73 Å². The lowest BCUT2D eigenvalue weighted by Crippen LogP contribution is -2.19. The molecule has 2 N–H and O–H groups in total. The van der Waals surface area contributed by atoms with Crippen molar-refractivity contribution in [2.75, 3.05) is 0 Å². The third kappa shape index (κ3) is 6.68. The second-order valence-corrected chi connectivity index (χ2v) is 10.9. The number of primary amides is 1. The fourth-order valence-electron chi connectivity index (χ4n) is 5.68. The summed E-state index contributed by atoms with van der Waals surface area (Å²) in [4.78, 5) is 29.8. The molecule has 1 atom stereocenters. The van der Waals surface area contributed by atoms with Gasteiger partial charge < -0.3 is 5.73 Å². The van der Waals surface area contributed by atoms with E-state index in [1.807, 2.05) is 0 Å². The van der Waals surface area contributed by atoms with Gasteiger partial charge in [-0.1, -0.05) is 19.1 Å². The third-order valence-corrected chi connectivity index (χ3v) is 7.66. The van der Waals surface area contributed by atoms with E-state index in [4.69, 9.17) is 5.73 Å². The molecule has 6 nitrogen and oxygen atoms in total. The van der Waals surface area contributed by atoms with E-state index in [-0.39, 0.29) is 41.9 Å². The number of benzene rings is 2. The summed E-state index contributed by atoms with van der Waals surface area (Å²) < 4.78 is 85.2. The molecule has 1 amide bonds. The van der Waals surface area contributed by atoms with Crippen molar-refractivity contribution < 1.29 is 35.9 Å². The predicted molar refractivity (Wildman–Crippen MR) is 149 cm³/mol. The Morgan fingerprint density at radius 2 is 1.75 bits per heavy atom. The number of alkyl halides is 3. The van der Waals surface area contributed by atoms with E-state index in [1.54, 1.807) is 19.1 Å². The summed E-state index contributed by atoms with van der Waals surface area (Å²) in [6.07, 6.45) is -2.09. The van der Waals surface area contributed by atoms with E-state index in [9.17, 15) is 35.9 Å². The van der Waals surface area contributed by atoms with Crippen LogP contribution in [-0.4, -0.2) is 26.5 Å². The average Bonchev–Trinajstić information content (AvgIpc) is 3.72. The Bertz CT molecular complexity index is 1710. The summed E-state index contributed by atoms with van der Waals surface area (Å²) in [5, 5.41) is 3.82. The zero-order valence-electron chi connectivity index (χ0n) is 23.6. The highest BCUT2D eigenvalue weighted by atomic mass is 19.4. The standard InChI is InChI=1S/C32H28F6N4O2/c1-2-27-28(18-5-6-18)30(32(36,37)38)41-42(27)16-23(43)13-20(10-17-11-21(33)15-22(34)12-17)29-24(4-3-9-40-29)19-7-8-26(35)25(14-19)31(39)44/h3-4,7-9,11-12,14-15,18,20H,2,5-6,10,13,16H2,1H3,(H2,39,44)/t20-/m1/s1. The molecule has 1 aliphatic carbocycles. The van der Waals surface area contributed by atoms with Crippen LogP contribution in [0.2, 0.25) is 0 Å². The molecule has 12 heteroatoms. The van der Waals surface area contributed by atoms with Gasteiger partial charge in [0.05, 0.1) is 17.8 Å². The first kappa shape index (κ1) is 31.0. The van der Waals surface area contributed by atoms with E-state index >= 15 is 0 Å². The average molecular weight is 615 g/mol. The van der Waals surface area contributed by atoms with E-state index in [0.29, 0.717) is 41.4 Å². The number of rotatable bonds is 11. The topological polar surface area (TPSA) is 90.9 Å². The van der Waals surface area contributed by atoms with Crippen molar-refractivity contribution in [3.05, 3.63) is 106 Å². The highest BCUT2D eigenvalue weighted by molar-refractivity contribution is 5.94. The predicted octanol–water partition coefficient (Wildman–Crippen LogP) is 6.91. The van der Waals surface area contributed by atoms with Gasteiger partial charge in [-0.3, -0.25) is 19.3 Å². The number of carbonyl (C=O) groups is 2. The minimum absolute atomic E-state index is 0.0603. The summed E-state index contributed by atoms with van der Waals surface area (Å²) in [6, 6.07) is 9.87. The maximum atomic E-state index is 14.2. The van der Waals surface area contributed by atoms with Gasteiger partial charge in [-0.25, -0.2) is 13.2 Å². The van der Waals surface area contributed by atoms with Crippen molar-refractivity contribution in [3.63, 3.8) is 0 Å². The van der Waals surface area contributed by atoms with E-state index < -0.39 is 53.5 Å². The number of hydrogen-bond acceptors (Lipinski definition) is 4. The highest BCUT2D eigenvalue weighted by Gasteiger charge is 2.43. The van der Waals surface area contributed by atoms with Gasteiger partial charge in [-0.05, 0) is 73.1 Å². The molecular formula is C32H28F6N4O2. The van der Waals surface area contributed by atoms with Crippen LogP contribution in [0, 0.1) is 17.5 Å². The van der Waals surface area contributed by atoms with Crippen molar-refractivity contribution >= 4 is 11.7 Å². The lowest BCUT2D eigenvalue weighted by Gasteiger charge is -2.20. The number of nitrogens with zero attached hydrogens (tertiary/aromatic N) is 3. The Morgan fingerprint density at radius 3 is 2.36 bits per heavy atom. The largest absolute Gasteiger partial charge is 0.435 e. The Hall–Kier alpha value is -4.48. The fraction of sp³-hybridized carbons (Fsp3) is 0.312. The number of halogens is 6. The minimum Gasteiger partial charge on any atom is -0.366 e. The maximum Gasteiger partial charge on any atom is 0.435 e. The molecule has 0 radical (unpaired) electrons. The van der Waals surface area contributed by atoms with Gasteiger partial charge in [0.1, 0.15) is 17.5 Å². The molecule has 2 aromatic carbocycles. The second-order valence-electron chi connectivity index (χ2n) is 10.9. The molecule has 0 bridgehead atoms. The van der Waals surface area contributed by atoms with Crippen LogP contribution in [0.15, 0.2) is 54.7 Å². The smallest absolute Gasteiger partial charge is 0.366 e. The van der Waals surface area contributed by atoms with Crippen molar-refractivity contribution in [1.29, 1.82) is 0 Å². The normalized spacial score (nSPS) is 14.1. The molecule has 1 saturated carbocycles. The maximum absolute atomic E-state index is 14.2. The lowest BCUT2D eigenvalue weighted by molar-refractivity contribution is -0.142. The molecule has 1 aliphatic rings. The molecular weight excluding hydrogens is 586 g/mol. The van der Waals surface area contributed by atoms with Gasteiger partial charge in [0.25, 0.3) is 5.91 Å². The Kier molecular flexibility index (Phi) is 8.62. The van der Waals surface area contributed by atoms with Crippen LogP contribution in [0.5, 0.6) is 0 Å². The van der Waals surface area contributed by atoms with Gasteiger partial charge in [-0.2, -0.15) is 18.3 Å². The molecule has 0 aliphatic heterocycles. The number of ketones is 1. The van der Waals surface area contributed by atoms with Crippen LogP contribution in [0.25, 0.3) is 11.1 Å². The molecule has 1 fully saturated rings. The Balaban J connectivity index is 1.53. The molecule has 230 valence electrons. The van der Waals surface area contributed by atoms with Crippen LogP contribution in [0.4, 0.5) is 26.3 Å². The van der Waals surface area contributed by atoms with Gasteiger partial charge in [0, 0.05) is 41.4 Å². The Morgan fingerprint density at radius 1 is 1.05 bits per heavy atom. The number of nitrogens with two attached hydrogens (primary N) is 1. The van der Waals surface area contributed by atoms with Crippen molar-refractivity contribution in [3.8, 4) is 11.1 Å². The SMILES string of the molecule is CCc1c(C2CC2)c(C(F)(F)F)nn1CC(=O)C[C@@H](Cc1cc(F)cc(F)c1)c1ncccc1-c1ccc(F)c(C(N)=O)c1. The molecule has 0 unspecified atom stereocenters. The van der Waals surface area contributed by atoms with Crippen molar-refractivity contribution in [1.82, 2.24) is 14.8 Å². The van der Waals surface area contributed by atoms with Gasteiger partial charge in [0.2, 0.25) is 0 Å². The summed E-state index contributed by atoms with van der Waals surface area (Å²) in [5.74, 6) is -5.02. The van der Waals surface area contributed by atoms with E-state index in [1.165, 1.54) is 18.3 Å². The molecule has 2 aromatic heterocycles. The zero-order valence-corrected chi connectivity index (χ0v) is 23.6. The quantitative estimate of drug-likeness (QED) is 0.186. The summed E-state index contributed by atoms with van der Waals surface area (Å²) >= 11 is 0. The summed E-state index contributed by atoms with van der Waals surface area (Å²) in [5.41, 5.74) is 5.75. The monoisotopic (exact) mass is 614 g/mol. The molecule has 5 rings (SSSR count). The Labute approximate surface area is 248 Å². The highest BCUT2D eigenvalue weighted by Crippen LogP contribution is 2.47. The minimum atomic E-state index is -4.68. The fourth-order valence-corrected chi connectivity index (χ4v) is 5.68. The van der Waals surface area contributed by atoms with Crippen molar-refractivity contribution in [2.24, 2.45) is 5.73 Å². The molecule has 4 aromatic rings. The lowest BCUT2D eigenvalue weighted by atomic mass is 9.86. The molecule has 0 saturated heterocycles. The van der Waals surface area contributed by atoms with Gasteiger partial charge in [-0.15, -0.1) is 0 Å². The van der Waals surface area contributed by atoms with Crippen LogP contribution in [0.3, 0.4) is 0 Å². The van der Waals surface area contributed by atoms with Gasteiger partial charge >= 0.3 is 6.18 Å². The summed E-state index contributed by atoms with van der Waals surface area (Å²) in [7, 11) is 0. The van der Waals surface area contributed by atoms with E-state index in [2.05, 4.69) is 10.1 Å². The summed E-state index contributed by atoms with van der Waals surface area (Å²) in [6.45, 7) is 1.26. The number of carbonyl (C=O) groups excluding carboxylic acids is 2. The van der Waals surface area contributed by atoms with Crippen molar-refractivity contribution in [2.45, 2.75) is 63.6 Å². The van der Waals surface area contributed by atoms with Gasteiger partial charge in [0.15, 0.2) is 11.5 Å². The number of aromatic nitrogens is 3. The van der Waals surface area contributed by atoms with E-state index in [0.717, 1.165) is 22.9 Å². The number of amides is 1. The molecule has 44 heavy (non-hydrogen) atoms. The third-order valence-electron chi connectivity index (χ3n) is 7.66.